The van der Waals surface area contributed by atoms with Crippen molar-refractivity contribution in [3.05, 3.63) is 65.0 Å². The van der Waals surface area contributed by atoms with Crippen molar-refractivity contribution >= 4 is 11.8 Å². The maximum absolute atomic E-state index is 13.3. The number of carbonyl (C=O) groups is 2. The van der Waals surface area contributed by atoms with Crippen LogP contribution in [0, 0.1) is 6.92 Å². The van der Waals surface area contributed by atoms with Gasteiger partial charge in [-0.05, 0) is 64.2 Å². The van der Waals surface area contributed by atoms with Gasteiger partial charge in [-0.1, -0.05) is 29.8 Å². The molecule has 0 radical (unpaired) electrons. The van der Waals surface area contributed by atoms with E-state index in [1.807, 2.05) is 30.9 Å². The highest BCUT2D eigenvalue weighted by molar-refractivity contribution is 5.93. The first kappa shape index (κ1) is 23.4. The molecule has 0 aliphatic carbocycles. The van der Waals surface area contributed by atoms with Crippen LogP contribution in [0.15, 0.2) is 42.6 Å². The lowest BCUT2D eigenvalue weighted by Gasteiger charge is -2.37. The molecule has 176 valence electrons. The van der Waals surface area contributed by atoms with Gasteiger partial charge in [0.15, 0.2) is 0 Å². The minimum atomic E-state index is -0.544. The van der Waals surface area contributed by atoms with Gasteiger partial charge in [-0.25, -0.2) is 0 Å². The third kappa shape index (κ3) is 5.44. The quantitative estimate of drug-likeness (QED) is 0.724. The van der Waals surface area contributed by atoms with Crippen LogP contribution >= 0.6 is 0 Å². The van der Waals surface area contributed by atoms with Gasteiger partial charge in [-0.2, -0.15) is 0 Å². The molecule has 1 aromatic heterocycles. The molecule has 2 aliphatic rings. The first-order valence-electron chi connectivity index (χ1n) is 12.1. The zero-order chi connectivity index (χ0) is 23.4. The summed E-state index contributed by atoms with van der Waals surface area (Å²) in [6.45, 7) is 8.86. The fourth-order valence-corrected chi connectivity index (χ4v) is 4.76. The molecule has 4 rings (SSSR count). The fourth-order valence-electron chi connectivity index (χ4n) is 4.76. The highest BCUT2D eigenvalue weighted by atomic mass is 16.5. The molecule has 2 saturated heterocycles. The predicted octanol–water partition coefficient (Wildman–Crippen LogP) is 3.98. The number of piperidine rings is 1. The Balaban J connectivity index is 1.30. The van der Waals surface area contributed by atoms with E-state index in [4.69, 9.17) is 4.74 Å². The number of nitrogens with one attached hydrogen (secondary N) is 1. The molecular weight excluding hydrogens is 414 g/mol. The van der Waals surface area contributed by atoms with E-state index >= 15 is 0 Å². The first-order chi connectivity index (χ1) is 15.8. The molecule has 2 aromatic rings. The van der Waals surface area contributed by atoms with E-state index in [9.17, 15) is 9.59 Å². The highest BCUT2D eigenvalue weighted by Crippen LogP contribution is 2.31. The van der Waals surface area contributed by atoms with Crippen molar-refractivity contribution in [2.24, 2.45) is 0 Å². The number of benzene rings is 1. The largest absolute Gasteiger partial charge is 0.376 e. The van der Waals surface area contributed by atoms with Gasteiger partial charge < -0.3 is 15.0 Å². The second-order valence-corrected chi connectivity index (χ2v) is 9.87. The number of carbonyl (C=O) groups excluding carboxylic acids is 2. The Bertz CT molecular complexity index is 955. The molecule has 33 heavy (non-hydrogen) atoms. The molecule has 0 bridgehead atoms. The number of rotatable bonds is 6. The second-order valence-electron chi connectivity index (χ2n) is 9.87. The lowest BCUT2D eigenvalue weighted by atomic mass is 9.82. The van der Waals surface area contributed by atoms with Crippen LogP contribution in [0.3, 0.4) is 0 Å². The van der Waals surface area contributed by atoms with E-state index in [1.54, 1.807) is 6.20 Å². The van der Waals surface area contributed by atoms with Crippen molar-refractivity contribution in [2.45, 2.75) is 63.9 Å². The van der Waals surface area contributed by atoms with Crippen LogP contribution in [0.4, 0.5) is 0 Å². The van der Waals surface area contributed by atoms with Gasteiger partial charge in [-0.3, -0.25) is 14.6 Å². The van der Waals surface area contributed by atoms with Gasteiger partial charge in [0.25, 0.3) is 5.91 Å². The topological polar surface area (TPSA) is 71.5 Å². The van der Waals surface area contributed by atoms with Crippen LogP contribution in [0.25, 0.3) is 0 Å². The summed E-state index contributed by atoms with van der Waals surface area (Å²) in [5, 5.41) is 2.94. The van der Waals surface area contributed by atoms with E-state index in [0.29, 0.717) is 18.0 Å². The molecule has 0 saturated carbocycles. The summed E-state index contributed by atoms with van der Waals surface area (Å²) in [7, 11) is 0. The van der Waals surface area contributed by atoms with E-state index in [1.165, 1.54) is 5.56 Å². The average Bonchev–Trinajstić information content (AvgIpc) is 3.36. The number of ether oxygens (including phenoxy) is 1. The van der Waals surface area contributed by atoms with Gasteiger partial charge in [0.05, 0.1) is 17.1 Å². The maximum atomic E-state index is 13.3. The molecule has 0 unspecified atom stereocenters. The van der Waals surface area contributed by atoms with Gasteiger partial charge >= 0.3 is 0 Å². The minimum Gasteiger partial charge on any atom is -0.376 e. The van der Waals surface area contributed by atoms with Crippen LogP contribution in [0.2, 0.25) is 0 Å². The van der Waals surface area contributed by atoms with Gasteiger partial charge in [0, 0.05) is 44.0 Å². The van der Waals surface area contributed by atoms with Crippen LogP contribution in [-0.4, -0.2) is 54.0 Å². The lowest BCUT2D eigenvalue weighted by Crippen LogP contribution is -2.46. The number of amides is 2. The highest BCUT2D eigenvalue weighted by Gasteiger charge is 2.35. The molecule has 6 nitrogen and oxygen atoms in total. The van der Waals surface area contributed by atoms with Gasteiger partial charge in [0.1, 0.15) is 0 Å². The summed E-state index contributed by atoms with van der Waals surface area (Å²) in [5.41, 5.74) is 3.27. The van der Waals surface area contributed by atoms with E-state index in [-0.39, 0.29) is 17.9 Å². The summed E-state index contributed by atoms with van der Waals surface area (Å²) in [4.78, 5) is 32.2. The second kappa shape index (κ2) is 10.0. The molecule has 0 spiro atoms. The molecule has 1 atom stereocenters. The average molecular weight is 450 g/mol. The summed E-state index contributed by atoms with van der Waals surface area (Å²) in [6.07, 6.45) is 5.62. The van der Waals surface area contributed by atoms with Crippen molar-refractivity contribution < 1.29 is 14.3 Å². The zero-order valence-electron chi connectivity index (χ0n) is 20.0. The summed E-state index contributed by atoms with van der Waals surface area (Å²) in [6, 6.07) is 12.1. The zero-order valence-corrected chi connectivity index (χ0v) is 20.0. The van der Waals surface area contributed by atoms with Crippen LogP contribution in [0.1, 0.15) is 72.6 Å². The summed E-state index contributed by atoms with van der Waals surface area (Å²) in [5.74, 6) is 0.375. The van der Waals surface area contributed by atoms with Crippen molar-refractivity contribution in [1.29, 1.82) is 0 Å². The number of pyridine rings is 1. The Labute approximate surface area is 196 Å². The van der Waals surface area contributed by atoms with E-state index in [2.05, 4.69) is 41.5 Å². The van der Waals surface area contributed by atoms with Crippen LogP contribution < -0.4 is 5.32 Å². The molecule has 1 aromatic carbocycles. The molecule has 6 heteroatoms. The van der Waals surface area contributed by atoms with Gasteiger partial charge in [0.2, 0.25) is 5.91 Å². The number of likely N-dealkylation sites (tertiary alicyclic amines) is 1. The van der Waals surface area contributed by atoms with Crippen molar-refractivity contribution in [3.63, 3.8) is 0 Å². The number of aryl methyl sites for hydroxylation is 1. The number of hydrogen-bond donors (Lipinski definition) is 1. The third-order valence-electron chi connectivity index (χ3n) is 7.07. The molecule has 2 amide bonds. The lowest BCUT2D eigenvalue weighted by molar-refractivity contribution is -0.137. The number of nitrogens with zero attached hydrogens (tertiary/aromatic N) is 2. The monoisotopic (exact) mass is 449 g/mol. The SMILES string of the molecule is Cc1ccc(C(C)(C)C(=O)N2CCC(c3ccc(C(=O)NC[C@H]4CCCO4)cn3)CC2)cc1. The van der Waals surface area contributed by atoms with Crippen molar-refractivity contribution in [3.8, 4) is 0 Å². The normalized spacial score (nSPS) is 19.5. The molecule has 2 fully saturated rings. The Morgan fingerprint density at radius 3 is 2.42 bits per heavy atom. The number of aromatic nitrogens is 1. The number of hydrogen-bond acceptors (Lipinski definition) is 4. The summed E-state index contributed by atoms with van der Waals surface area (Å²) < 4.78 is 5.56. The standard InChI is InChI=1S/C27H35N3O3/c1-19-6-9-22(10-7-19)27(2,3)26(32)30-14-12-20(13-15-30)24-11-8-21(17-28-24)25(31)29-18-23-5-4-16-33-23/h6-11,17,20,23H,4-5,12-16,18H2,1-3H3,(H,29,31)/t23-/m1/s1. The van der Waals surface area contributed by atoms with E-state index < -0.39 is 5.41 Å². The van der Waals surface area contributed by atoms with Crippen LogP contribution in [0.5, 0.6) is 0 Å². The van der Waals surface area contributed by atoms with Crippen LogP contribution in [-0.2, 0) is 14.9 Å². The maximum Gasteiger partial charge on any atom is 0.252 e. The predicted molar refractivity (Wildman–Crippen MR) is 128 cm³/mol. The smallest absolute Gasteiger partial charge is 0.252 e. The Morgan fingerprint density at radius 1 is 1.09 bits per heavy atom. The van der Waals surface area contributed by atoms with E-state index in [0.717, 1.165) is 56.6 Å². The van der Waals surface area contributed by atoms with Crippen molar-refractivity contribution in [2.75, 3.05) is 26.2 Å². The van der Waals surface area contributed by atoms with Crippen molar-refractivity contribution in [1.82, 2.24) is 15.2 Å². The third-order valence-corrected chi connectivity index (χ3v) is 7.07. The molecule has 1 N–H and O–H groups in total. The minimum absolute atomic E-state index is 0.108. The summed E-state index contributed by atoms with van der Waals surface area (Å²) >= 11 is 0. The molecular formula is C27H35N3O3. The Morgan fingerprint density at radius 2 is 1.82 bits per heavy atom. The first-order valence-corrected chi connectivity index (χ1v) is 12.1. The Kier molecular flexibility index (Phi) is 7.13. The van der Waals surface area contributed by atoms with Gasteiger partial charge in [-0.15, -0.1) is 0 Å². The molecule has 3 heterocycles. The molecule has 2 aliphatic heterocycles. The Hall–Kier alpha value is -2.73. The fraction of sp³-hybridized carbons (Fsp3) is 0.519.